The van der Waals surface area contributed by atoms with Gasteiger partial charge in [-0.15, -0.1) is 0 Å². The van der Waals surface area contributed by atoms with Crippen LogP contribution in [0, 0.1) is 0 Å². The summed E-state index contributed by atoms with van der Waals surface area (Å²) in [6.07, 6.45) is 0. The minimum Gasteiger partial charge on any atom is -0.309 e. The largest absolute Gasteiger partial charge is 0.309 e. The molecule has 0 spiro atoms. The van der Waals surface area contributed by atoms with Crippen molar-refractivity contribution in [3.8, 4) is 39.8 Å². The third kappa shape index (κ3) is 4.76. The number of fused-ring (bicyclic) bond motifs is 10. The summed E-state index contributed by atoms with van der Waals surface area (Å²) in [6, 6.07) is 71.2. The van der Waals surface area contributed by atoms with Gasteiger partial charge in [0.25, 0.3) is 0 Å². The lowest BCUT2D eigenvalue weighted by molar-refractivity contribution is 0.995. The van der Waals surface area contributed by atoms with Crippen LogP contribution in [0.2, 0.25) is 0 Å². The zero-order valence-corrected chi connectivity index (χ0v) is 30.8. The second-order valence-electron chi connectivity index (χ2n) is 14.6. The molecule has 5 heteroatoms. The molecule has 12 rings (SSSR count). The first kappa shape index (κ1) is 31.6. The lowest BCUT2D eigenvalue weighted by Gasteiger charge is -2.14. The average molecular weight is 728 g/mol. The molecule has 4 aromatic heterocycles. The standard InChI is InChI=1S/C52H33N5/c1-4-16-34(17-5-1)44-33-45(35-18-6-2-7-19-35)54-52(53-44)57-48-27-15-11-23-39(48)42-30-29-41-38-22-10-14-26-47(38)56(50(41)51(42)57)37-28-31-49-43(32-37)40-24-12-13-25-46(40)55(49)36-20-8-3-9-21-36/h1-33H. The molecule has 4 heterocycles. The summed E-state index contributed by atoms with van der Waals surface area (Å²) in [5, 5.41) is 7.11. The molecule has 0 atom stereocenters. The fourth-order valence-corrected chi connectivity index (χ4v) is 8.98. The third-order valence-electron chi connectivity index (χ3n) is 11.5. The number of rotatable bonds is 5. The second-order valence-corrected chi connectivity index (χ2v) is 14.6. The van der Waals surface area contributed by atoms with E-state index >= 15 is 0 Å². The summed E-state index contributed by atoms with van der Waals surface area (Å²) in [5.74, 6) is 0.632. The van der Waals surface area contributed by atoms with Crippen molar-refractivity contribution in [2.75, 3.05) is 0 Å². The topological polar surface area (TPSA) is 40.6 Å². The Kier molecular flexibility index (Phi) is 6.86. The van der Waals surface area contributed by atoms with E-state index in [9.17, 15) is 0 Å². The molecule has 0 aliphatic heterocycles. The van der Waals surface area contributed by atoms with Gasteiger partial charge in [0.2, 0.25) is 5.95 Å². The van der Waals surface area contributed by atoms with Crippen molar-refractivity contribution in [3.63, 3.8) is 0 Å². The van der Waals surface area contributed by atoms with Crippen LogP contribution in [-0.2, 0) is 0 Å². The van der Waals surface area contributed by atoms with Crippen molar-refractivity contribution in [3.05, 3.63) is 200 Å². The highest BCUT2D eigenvalue weighted by Crippen LogP contribution is 2.43. The molecule has 5 nitrogen and oxygen atoms in total. The summed E-state index contributed by atoms with van der Waals surface area (Å²) in [5.41, 5.74) is 12.8. The van der Waals surface area contributed by atoms with Crippen LogP contribution in [0.15, 0.2) is 200 Å². The molecule has 8 aromatic carbocycles. The Morgan fingerprint density at radius 1 is 0.281 bits per heavy atom. The van der Waals surface area contributed by atoms with Gasteiger partial charge in [-0.2, -0.15) is 0 Å². The smallest absolute Gasteiger partial charge is 0.235 e. The average Bonchev–Trinajstić information content (AvgIpc) is 3.93. The van der Waals surface area contributed by atoms with E-state index in [0.29, 0.717) is 5.95 Å². The van der Waals surface area contributed by atoms with Crippen LogP contribution in [0.25, 0.3) is 105 Å². The fraction of sp³-hybridized carbons (Fsp3) is 0. The molecule has 0 saturated carbocycles. The molecule has 12 aromatic rings. The molecule has 0 saturated heterocycles. The lowest BCUT2D eigenvalue weighted by Crippen LogP contribution is -2.05. The van der Waals surface area contributed by atoms with Crippen molar-refractivity contribution < 1.29 is 0 Å². The number of hydrogen-bond donors (Lipinski definition) is 0. The van der Waals surface area contributed by atoms with Gasteiger partial charge in [0.15, 0.2) is 0 Å². The Labute approximate surface area is 328 Å². The van der Waals surface area contributed by atoms with Gasteiger partial charge in [-0.1, -0.05) is 146 Å². The van der Waals surface area contributed by atoms with E-state index in [0.717, 1.165) is 66.7 Å². The summed E-state index contributed by atoms with van der Waals surface area (Å²) in [7, 11) is 0. The summed E-state index contributed by atoms with van der Waals surface area (Å²) < 4.78 is 7.12. The highest BCUT2D eigenvalue weighted by molar-refractivity contribution is 6.24. The molecule has 0 bridgehead atoms. The van der Waals surface area contributed by atoms with Crippen molar-refractivity contribution in [2.24, 2.45) is 0 Å². The van der Waals surface area contributed by atoms with E-state index in [4.69, 9.17) is 9.97 Å². The Balaban J connectivity index is 1.21. The maximum atomic E-state index is 5.38. The normalized spacial score (nSPS) is 11.9. The first-order valence-electron chi connectivity index (χ1n) is 19.3. The van der Waals surface area contributed by atoms with Crippen molar-refractivity contribution in [1.29, 1.82) is 0 Å². The van der Waals surface area contributed by atoms with E-state index in [1.807, 2.05) is 12.1 Å². The van der Waals surface area contributed by atoms with Crippen LogP contribution in [0.4, 0.5) is 0 Å². The maximum Gasteiger partial charge on any atom is 0.235 e. The summed E-state index contributed by atoms with van der Waals surface area (Å²) in [6.45, 7) is 0. The minimum atomic E-state index is 0.632. The molecule has 57 heavy (non-hydrogen) atoms. The van der Waals surface area contributed by atoms with Crippen LogP contribution >= 0.6 is 0 Å². The quantitative estimate of drug-likeness (QED) is 0.177. The zero-order valence-electron chi connectivity index (χ0n) is 30.8. The van der Waals surface area contributed by atoms with E-state index in [1.165, 1.54) is 32.6 Å². The molecular formula is C52H33N5. The van der Waals surface area contributed by atoms with Crippen molar-refractivity contribution in [2.45, 2.75) is 0 Å². The molecule has 0 unspecified atom stereocenters. The molecular weight excluding hydrogens is 695 g/mol. The SMILES string of the molecule is c1ccc(-c2cc(-c3ccccc3)nc(-n3c4ccccc4c4ccc5c6ccccc6n(-c6ccc7c(c6)c6ccccc6n7-c6ccccc6)c5c43)n2)cc1. The molecule has 0 aliphatic carbocycles. The first-order chi connectivity index (χ1) is 28.3. The predicted octanol–water partition coefficient (Wildman–Crippen LogP) is 13.1. The first-order valence-corrected chi connectivity index (χ1v) is 19.3. The van der Waals surface area contributed by atoms with E-state index < -0.39 is 0 Å². The van der Waals surface area contributed by atoms with Crippen LogP contribution in [-0.4, -0.2) is 23.7 Å². The molecule has 266 valence electrons. The molecule has 0 radical (unpaired) electrons. The van der Waals surface area contributed by atoms with Gasteiger partial charge in [0, 0.05) is 54.8 Å². The summed E-state index contributed by atoms with van der Waals surface area (Å²) >= 11 is 0. The van der Waals surface area contributed by atoms with Crippen molar-refractivity contribution in [1.82, 2.24) is 23.7 Å². The van der Waals surface area contributed by atoms with Crippen LogP contribution in [0.1, 0.15) is 0 Å². The maximum absolute atomic E-state index is 5.38. The fourth-order valence-electron chi connectivity index (χ4n) is 8.98. The van der Waals surface area contributed by atoms with Gasteiger partial charge < -0.3 is 9.13 Å². The number of nitrogens with zero attached hydrogens (tertiary/aromatic N) is 5. The second kappa shape index (κ2) is 12.4. The number of aromatic nitrogens is 5. The van der Waals surface area contributed by atoms with E-state index in [1.54, 1.807) is 0 Å². The van der Waals surface area contributed by atoms with Crippen LogP contribution in [0.3, 0.4) is 0 Å². The van der Waals surface area contributed by atoms with Gasteiger partial charge in [-0.05, 0) is 54.6 Å². The lowest BCUT2D eigenvalue weighted by atomic mass is 10.1. The number of para-hydroxylation sites is 4. The van der Waals surface area contributed by atoms with Gasteiger partial charge in [-0.25, -0.2) is 9.97 Å². The summed E-state index contributed by atoms with van der Waals surface area (Å²) in [4.78, 5) is 10.8. The van der Waals surface area contributed by atoms with Gasteiger partial charge in [0.05, 0.1) is 44.5 Å². The predicted molar refractivity (Wildman–Crippen MR) is 236 cm³/mol. The highest BCUT2D eigenvalue weighted by atomic mass is 15.2. The third-order valence-corrected chi connectivity index (χ3v) is 11.5. The van der Waals surface area contributed by atoms with Crippen LogP contribution < -0.4 is 0 Å². The van der Waals surface area contributed by atoms with Gasteiger partial charge >= 0.3 is 0 Å². The Hall–Kier alpha value is -7.76. The van der Waals surface area contributed by atoms with Crippen molar-refractivity contribution >= 4 is 65.4 Å². The Morgan fingerprint density at radius 3 is 1.30 bits per heavy atom. The van der Waals surface area contributed by atoms with E-state index in [-0.39, 0.29) is 0 Å². The monoisotopic (exact) mass is 727 g/mol. The number of hydrogen-bond acceptors (Lipinski definition) is 2. The Bertz CT molecular complexity index is 3440. The van der Waals surface area contributed by atoms with Gasteiger partial charge in [-0.3, -0.25) is 4.57 Å². The molecule has 0 aliphatic rings. The molecule has 0 amide bonds. The van der Waals surface area contributed by atoms with Crippen LogP contribution in [0.5, 0.6) is 0 Å². The molecule has 0 fully saturated rings. The van der Waals surface area contributed by atoms with E-state index in [2.05, 4.69) is 202 Å². The number of benzene rings is 8. The van der Waals surface area contributed by atoms with Gasteiger partial charge in [0.1, 0.15) is 0 Å². The minimum absolute atomic E-state index is 0.632. The zero-order chi connectivity index (χ0) is 37.5. The Morgan fingerprint density at radius 2 is 0.719 bits per heavy atom. The molecule has 0 N–H and O–H groups in total. The highest BCUT2D eigenvalue weighted by Gasteiger charge is 2.24.